The van der Waals surface area contributed by atoms with E-state index in [4.69, 9.17) is 0 Å². The van der Waals surface area contributed by atoms with Crippen LogP contribution in [0.5, 0.6) is 0 Å². The average molecular weight is 216 g/mol. The van der Waals surface area contributed by atoms with Gasteiger partial charge in [-0.15, -0.1) is 0 Å². The summed E-state index contributed by atoms with van der Waals surface area (Å²) < 4.78 is 0. The lowest BCUT2D eigenvalue weighted by Gasteiger charge is -2.41. The Bertz CT molecular complexity index is 153. The van der Waals surface area contributed by atoms with Crippen LogP contribution >= 0.6 is 11.8 Å². The lowest BCUT2D eigenvalue weighted by molar-refractivity contribution is 0.123. The molecule has 0 aromatic carbocycles. The minimum atomic E-state index is 0.377. The second kappa shape index (κ2) is 5.99. The number of hydrogen-bond acceptors (Lipinski definition) is 3. The van der Waals surface area contributed by atoms with Crippen LogP contribution in [0.2, 0.25) is 0 Å². The van der Waals surface area contributed by atoms with Crippen molar-refractivity contribution in [3.63, 3.8) is 0 Å². The fourth-order valence-electron chi connectivity index (χ4n) is 1.83. The fourth-order valence-corrected chi connectivity index (χ4v) is 2.94. The predicted octanol–water partition coefficient (Wildman–Crippen LogP) is 1.81. The van der Waals surface area contributed by atoms with Gasteiger partial charge in [0.2, 0.25) is 0 Å². The molecule has 0 atom stereocenters. The molecular weight excluding hydrogens is 192 g/mol. The van der Waals surface area contributed by atoms with Crippen molar-refractivity contribution in [1.82, 2.24) is 10.2 Å². The molecule has 0 spiro atoms. The van der Waals surface area contributed by atoms with E-state index in [0.29, 0.717) is 5.54 Å². The summed E-state index contributed by atoms with van der Waals surface area (Å²) in [5.74, 6) is 2.57. The van der Waals surface area contributed by atoms with Crippen molar-refractivity contribution >= 4 is 11.8 Å². The molecule has 0 amide bonds. The van der Waals surface area contributed by atoms with Gasteiger partial charge in [-0.3, -0.25) is 4.90 Å². The van der Waals surface area contributed by atoms with Gasteiger partial charge in [-0.25, -0.2) is 0 Å². The van der Waals surface area contributed by atoms with Crippen LogP contribution in [0.1, 0.15) is 27.2 Å². The molecule has 1 N–H and O–H groups in total. The Labute approximate surface area is 92.8 Å². The Morgan fingerprint density at radius 1 is 1.29 bits per heavy atom. The van der Waals surface area contributed by atoms with Gasteiger partial charge in [0.25, 0.3) is 0 Å². The molecular formula is C11H24N2S. The predicted molar refractivity (Wildman–Crippen MR) is 66.1 cm³/mol. The number of piperazine rings is 1. The maximum atomic E-state index is 3.41. The first kappa shape index (κ1) is 12.3. The average Bonchev–Trinajstić information content (AvgIpc) is 2.19. The van der Waals surface area contributed by atoms with Crippen LogP contribution in [-0.2, 0) is 0 Å². The Kier molecular flexibility index (Phi) is 5.28. The van der Waals surface area contributed by atoms with Crippen LogP contribution < -0.4 is 5.32 Å². The van der Waals surface area contributed by atoms with Crippen LogP contribution in [-0.4, -0.2) is 48.1 Å². The summed E-state index contributed by atoms with van der Waals surface area (Å²) in [5, 5.41) is 3.41. The summed E-state index contributed by atoms with van der Waals surface area (Å²) in [6.45, 7) is 11.7. The van der Waals surface area contributed by atoms with Crippen LogP contribution in [0.25, 0.3) is 0 Å². The highest BCUT2D eigenvalue weighted by Gasteiger charge is 2.27. The van der Waals surface area contributed by atoms with Crippen molar-refractivity contribution in [2.45, 2.75) is 32.7 Å². The van der Waals surface area contributed by atoms with Gasteiger partial charge in [0, 0.05) is 37.5 Å². The van der Waals surface area contributed by atoms with Crippen molar-refractivity contribution < 1.29 is 0 Å². The van der Waals surface area contributed by atoms with Gasteiger partial charge in [0.15, 0.2) is 0 Å². The number of thioether (sulfide) groups is 1. The second-order valence-electron chi connectivity index (χ2n) is 4.60. The standard InChI is InChI=1S/C11H24N2S/c1-4-9-14-10-11(2,3)13-7-5-12-6-8-13/h12H,4-10H2,1-3H3. The van der Waals surface area contributed by atoms with E-state index in [1.54, 1.807) is 0 Å². The van der Waals surface area contributed by atoms with Gasteiger partial charge < -0.3 is 5.32 Å². The first-order chi connectivity index (χ1) is 6.67. The molecule has 1 heterocycles. The molecule has 3 heteroatoms. The first-order valence-electron chi connectivity index (χ1n) is 5.70. The lowest BCUT2D eigenvalue weighted by Crippen LogP contribution is -2.54. The molecule has 1 aliphatic heterocycles. The van der Waals surface area contributed by atoms with Gasteiger partial charge >= 0.3 is 0 Å². The topological polar surface area (TPSA) is 15.3 Å². The van der Waals surface area contributed by atoms with Crippen LogP contribution in [0.15, 0.2) is 0 Å². The van der Waals surface area contributed by atoms with E-state index in [2.05, 4.69) is 42.7 Å². The van der Waals surface area contributed by atoms with Gasteiger partial charge in [-0.2, -0.15) is 11.8 Å². The zero-order valence-corrected chi connectivity index (χ0v) is 10.6. The summed E-state index contributed by atoms with van der Waals surface area (Å²) in [5.41, 5.74) is 0.377. The molecule has 1 aliphatic rings. The zero-order valence-electron chi connectivity index (χ0n) is 9.81. The Balaban J connectivity index is 2.29. The molecule has 1 fully saturated rings. The number of rotatable bonds is 5. The minimum Gasteiger partial charge on any atom is -0.314 e. The lowest BCUT2D eigenvalue weighted by atomic mass is 10.1. The van der Waals surface area contributed by atoms with E-state index >= 15 is 0 Å². The molecule has 0 aromatic heterocycles. The van der Waals surface area contributed by atoms with Crippen LogP contribution in [0, 0.1) is 0 Å². The molecule has 2 nitrogen and oxygen atoms in total. The van der Waals surface area contributed by atoms with E-state index < -0.39 is 0 Å². The van der Waals surface area contributed by atoms with E-state index in [9.17, 15) is 0 Å². The molecule has 1 rings (SSSR count). The van der Waals surface area contributed by atoms with Gasteiger partial charge in [-0.1, -0.05) is 6.92 Å². The summed E-state index contributed by atoms with van der Waals surface area (Å²) in [6.07, 6.45) is 1.29. The largest absolute Gasteiger partial charge is 0.314 e. The van der Waals surface area contributed by atoms with Crippen molar-refractivity contribution in [2.75, 3.05) is 37.7 Å². The molecule has 0 aliphatic carbocycles. The number of nitrogens with zero attached hydrogens (tertiary/aromatic N) is 1. The highest BCUT2D eigenvalue weighted by molar-refractivity contribution is 7.99. The summed E-state index contributed by atoms with van der Waals surface area (Å²) >= 11 is 2.09. The Morgan fingerprint density at radius 3 is 2.50 bits per heavy atom. The quantitative estimate of drug-likeness (QED) is 0.706. The molecule has 0 aromatic rings. The summed E-state index contributed by atoms with van der Waals surface area (Å²) in [7, 11) is 0. The van der Waals surface area contributed by atoms with Crippen molar-refractivity contribution in [2.24, 2.45) is 0 Å². The minimum absolute atomic E-state index is 0.377. The summed E-state index contributed by atoms with van der Waals surface area (Å²) in [4.78, 5) is 2.62. The van der Waals surface area contributed by atoms with Crippen molar-refractivity contribution in [3.8, 4) is 0 Å². The summed E-state index contributed by atoms with van der Waals surface area (Å²) in [6, 6.07) is 0. The fraction of sp³-hybridized carbons (Fsp3) is 1.00. The normalized spacial score (nSPS) is 19.9. The SMILES string of the molecule is CCCSCC(C)(C)N1CCNCC1. The molecule has 0 unspecified atom stereocenters. The third-order valence-corrected chi connectivity index (χ3v) is 4.38. The van der Waals surface area contributed by atoms with Crippen molar-refractivity contribution in [3.05, 3.63) is 0 Å². The van der Waals surface area contributed by atoms with Gasteiger partial charge in [0.1, 0.15) is 0 Å². The van der Waals surface area contributed by atoms with E-state index in [1.807, 2.05) is 0 Å². The second-order valence-corrected chi connectivity index (χ2v) is 5.71. The number of hydrogen-bond donors (Lipinski definition) is 1. The highest BCUT2D eigenvalue weighted by Crippen LogP contribution is 2.21. The van der Waals surface area contributed by atoms with Crippen LogP contribution in [0.4, 0.5) is 0 Å². The molecule has 84 valence electrons. The zero-order chi connectivity index (χ0) is 10.4. The molecule has 14 heavy (non-hydrogen) atoms. The highest BCUT2D eigenvalue weighted by atomic mass is 32.2. The Hall–Kier alpha value is 0.270. The van der Waals surface area contributed by atoms with E-state index in [-0.39, 0.29) is 0 Å². The maximum absolute atomic E-state index is 3.41. The monoisotopic (exact) mass is 216 g/mol. The molecule has 0 radical (unpaired) electrons. The van der Waals surface area contributed by atoms with E-state index in [1.165, 1.54) is 31.0 Å². The van der Waals surface area contributed by atoms with Crippen LogP contribution in [0.3, 0.4) is 0 Å². The van der Waals surface area contributed by atoms with E-state index in [0.717, 1.165) is 13.1 Å². The first-order valence-corrected chi connectivity index (χ1v) is 6.86. The third-order valence-electron chi connectivity index (χ3n) is 2.78. The third kappa shape index (κ3) is 3.79. The van der Waals surface area contributed by atoms with Gasteiger partial charge in [-0.05, 0) is 26.0 Å². The molecule has 0 saturated carbocycles. The maximum Gasteiger partial charge on any atom is 0.0244 e. The smallest absolute Gasteiger partial charge is 0.0244 e. The number of nitrogens with one attached hydrogen (secondary N) is 1. The molecule has 0 bridgehead atoms. The Morgan fingerprint density at radius 2 is 1.93 bits per heavy atom. The van der Waals surface area contributed by atoms with Crippen molar-refractivity contribution in [1.29, 1.82) is 0 Å². The molecule has 1 saturated heterocycles. The van der Waals surface area contributed by atoms with Gasteiger partial charge in [0.05, 0.1) is 0 Å².